The SMILES string of the molecule is [CH-]=CC=[C-]C1=C([CH]=[Ir][Cl])CCC(C)(C)C1.c1ccc([PH+](c2ccccc2)c2ccccc2)cc1.c1ccc([PH+](c2ccccc2)c2ccccc2)cc1. The van der Waals surface area contributed by atoms with Gasteiger partial charge in [0.15, 0.2) is 0 Å². The first-order chi connectivity index (χ1) is 26.0. The van der Waals surface area contributed by atoms with Crippen LogP contribution in [0.25, 0.3) is 0 Å². The van der Waals surface area contributed by atoms with E-state index in [9.17, 15) is 0 Å². The number of halogens is 1. The summed E-state index contributed by atoms with van der Waals surface area (Å²) < 4.78 is 2.21. The molecule has 0 amide bonds. The van der Waals surface area contributed by atoms with Crippen LogP contribution < -0.4 is 31.8 Å². The summed E-state index contributed by atoms with van der Waals surface area (Å²) >= 11 is -0.418. The van der Waals surface area contributed by atoms with Gasteiger partial charge in [0.2, 0.25) is 0 Å². The van der Waals surface area contributed by atoms with Gasteiger partial charge in [0.25, 0.3) is 0 Å². The predicted molar refractivity (Wildman–Crippen MR) is 236 cm³/mol. The van der Waals surface area contributed by atoms with E-state index in [1.165, 1.54) is 55.5 Å². The van der Waals surface area contributed by atoms with Crippen molar-refractivity contribution in [2.75, 3.05) is 0 Å². The van der Waals surface area contributed by atoms with Gasteiger partial charge in [-0.15, -0.1) is 0 Å². The number of hydrogen-bond donors (Lipinski definition) is 0. The fraction of sp³-hybridized carbons (Fsp3) is 0.122. The molecule has 0 unspecified atom stereocenters. The van der Waals surface area contributed by atoms with E-state index in [0.29, 0.717) is 5.41 Å². The molecule has 0 saturated heterocycles. The van der Waals surface area contributed by atoms with Crippen molar-refractivity contribution >= 4 is 61.8 Å². The van der Waals surface area contributed by atoms with E-state index in [1.807, 2.05) is 0 Å². The average Bonchev–Trinajstić information content (AvgIpc) is 3.21. The van der Waals surface area contributed by atoms with Gasteiger partial charge in [0, 0.05) is 0 Å². The Kier molecular flexibility index (Phi) is 16.6. The second-order valence-corrected chi connectivity index (χ2v) is 20.8. The van der Waals surface area contributed by atoms with Gasteiger partial charge < -0.3 is 0 Å². The van der Waals surface area contributed by atoms with Crippen LogP contribution in [0.3, 0.4) is 0 Å². The minimum Gasteiger partial charge on any atom is -0.0620 e. The Bertz CT molecular complexity index is 1720. The molecule has 0 saturated carbocycles. The maximum atomic E-state index is 5.87. The molecular weight excluding hydrogens is 878 g/mol. The van der Waals surface area contributed by atoms with E-state index in [0.717, 1.165) is 12.8 Å². The number of benzene rings is 6. The molecule has 1 aliphatic carbocycles. The summed E-state index contributed by atoms with van der Waals surface area (Å²) in [5.41, 5.74) is 3.06. The number of allylic oxidation sites excluding steroid dienone is 5. The van der Waals surface area contributed by atoms with Crippen molar-refractivity contribution in [2.45, 2.75) is 33.1 Å². The normalized spacial score (nSPS) is 14.0. The Balaban J connectivity index is 0.000000155. The molecule has 0 aliphatic heterocycles. The molecule has 0 nitrogen and oxygen atoms in total. The van der Waals surface area contributed by atoms with Gasteiger partial charge >= 0.3 is 105 Å². The van der Waals surface area contributed by atoms with E-state index >= 15 is 0 Å². The average molecular weight is 927 g/mol. The van der Waals surface area contributed by atoms with Crippen LogP contribution >= 0.6 is 25.4 Å². The van der Waals surface area contributed by atoms with E-state index in [2.05, 4.69) is 206 Å². The molecule has 6 aromatic carbocycles. The van der Waals surface area contributed by atoms with Crippen molar-refractivity contribution in [1.82, 2.24) is 0 Å². The van der Waals surface area contributed by atoms with Gasteiger partial charge in [-0.25, -0.2) is 0 Å². The van der Waals surface area contributed by atoms with Gasteiger partial charge in [0.1, 0.15) is 31.8 Å². The van der Waals surface area contributed by atoms with E-state index in [4.69, 9.17) is 16.2 Å². The molecule has 0 aromatic heterocycles. The van der Waals surface area contributed by atoms with E-state index < -0.39 is 32.1 Å². The van der Waals surface area contributed by atoms with Gasteiger partial charge in [0.05, 0.1) is 15.8 Å². The molecule has 270 valence electrons. The largest absolute Gasteiger partial charge is 0.102 e. The van der Waals surface area contributed by atoms with E-state index in [1.54, 1.807) is 6.08 Å². The molecule has 0 fully saturated rings. The molecule has 53 heavy (non-hydrogen) atoms. The van der Waals surface area contributed by atoms with Crippen LogP contribution in [-0.4, -0.2) is 4.53 Å². The molecule has 7 rings (SSSR count). The molecule has 0 bridgehead atoms. The van der Waals surface area contributed by atoms with Crippen molar-refractivity contribution in [3.8, 4) is 0 Å². The monoisotopic (exact) mass is 926 g/mol. The third kappa shape index (κ3) is 12.6. The van der Waals surface area contributed by atoms with Crippen LogP contribution in [0.2, 0.25) is 0 Å². The molecule has 0 heterocycles. The summed E-state index contributed by atoms with van der Waals surface area (Å²) in [5, 5.41) is 8.61. The summed E-state index contributed by atoms with van der Waals surface area (Å²) in [7, 11) is 4.12. The van der Waals surface area contributed by atoms with E-state index in [-0.39, 0.29) is 0 Å². The molecule has 0 atom stereocenters. The maximum Gasteiger partial charge on any atom is 0.102 e. The molecule has 6 aromatic rings. The minimum atomic E-state index is -0.877. The first-order valence-corrected chi connectivity index (χ1v) is 25.3. The van der Waals surface area contributed by atoms with Crippen LogP contribution in [0.15, 0.2) is 205 Å². The molecule has 4 heteroatoms. The number of rotatable bonds is 9. The topological polar surface area (TPSA) is 0 Å². The predicted octanol–water partition coefficient (Wildman–Crippen LogP) is 10.2. The van der Waals surface area contributed by atoms with Crippen LogP contribution in [0.1, 0.15) is 33.1 Å². The third-order valence-electron chi connectivity index (χ3n) is 9.00. The molecule has 0 spiro atoms. The second kappa shape index (κ2) is 21.8. The summed E-state index contributed by atoms with van der Waals surface area (Å²) in [5.74, 6) is 0. The van der Waals surface area contributed by atoms with Crippen molar-refractivity contribution < 1.29 is 16.2 Å². The molecule has 1 aliphatic rings. The number of hydrogen-bond acceptors (Lipinski definition) is 0. The second-order valence-electron chi connectivity index (χ2n) is 13.5. The third-order valence-corrected chi connectivity index (χ3v) is 16.2. The van der Waals surface area contributed by atoms with Crippen LogP contribution in [-0.2, 0) is 16.2 Å². The first-order valence-electron chi connectivity index (χ1n) is 17.9. The minimum absolute atomic E-state index is 0.383. The van der Waals surface area contributed by atoms with Crippen LogP contribution in [0.5, 0.6) is 0 Å². The molecule has 0 N–H and O–H groups in total. The Morgan fingerprint density at radius 3 is 1.11 bits per heavy atom. The first kappa shape index (κ1) is 40.4. The Labute approximate surface area is 332 Å². The zero-order valence-corrected chi connectivity index (χ0v) is 35.6. The van der Waals surface area contributed by atoms with Gasteiger partial charge in [-0.1, -0.05) is 109 Å². The summed E-state index contributed by atoms with van der Waals surface area (Å²) in [6.45, 7) is 9.94. The zero-order chi connectivity index (χ0) is 37.1. The fourth-order valence-corrected chi connectivity index (χ4v) is 13.3. The summed E-state index contributed by atoms with van der Waals surface area (Å²) in [4.78, 5) is 0. The Morgan fingerprint density at radius 2 is 0.849 bits per heavy atom. The molecular formula is C49H48ClIrP2. The maximum absolute atomic E-state index is 5.87. The van der Waals surface area contributed by atoms with Crippen LogP contribution in [0.4, 0.5) is 0 Å². The fourth-order valence-electron chi connectivity index (χ4n) is 6.38. The smallest absolute Gasteiger partial charge is 0.0620 e. The zero-order valence-electron chi connectivity index (χ0n) is 30.5. The van der Waals surface area contributed by atoms with Crippen molar-refractivity contribution in [3.63, 3.8) is 0 Å². The van der Waals surface area contributed by atoms with Gasteiger partial charge in [-0.2, -0.15) is 0 Å². The Morgan fingerprint density at radius 1 is 0.547 bits per heavy atom. The van der Waals surface area contributed by atoms with Crippen molar-refractivity contribution in [1.29, 1.82) is 0 Å². The van der Waals surface area contributed by atoms with Crippen molar-refractivity contribution in [2.24, 2.45) is 5.41 Å². The molecule has 0 radical (unpaired) electrons. The summed E-state index contributed by atoms with van der Waals surface area (Å²) in [6.07, 6.45) is 10.0. The Hall–Kier alpha value is -3.79. The van der Waals surface area contributed by atoms with Crippen LogP contribution in [0, 0.1) is 18.1 Å². The van der Waals surface area contributed by atoms with Gasteiger partial charge in [-0.05, 0) is 72.8 Å². The standard InChI is InChI=1S/2C18H15P.C13H16.ClH.Ir/c2*1-4-10-16(11-5-1)19(17-12-6-2-7-13-17)18-14-8-3-9-15-18;1-5-6-7-12-10-13(3,4)9-8-11(12)2;;/h2*1-15H;1-2,5-6H,8-10H2,3-4H3;1H;/q;;-2;;+1/p+1. The summed E-state index contributed by atoms with van der Waals surface area (Å²) in [6, 6.07) is 65.0. The quantitative estimate of drug-likeness (QED) is 0.0770. The van der Waals surface area contributed by atoms with Crippen molar-refractivity contribution in [3.05, 3.63) is 218 Å². The van der Waals surface area contributed by atoms with Gasteiger partial charge in [-0.3, -0.25) is 0 Å².